The zero-order valence-corrected chi connectivity index (χ0v) is 20.5. The minimum Gasteiger partial charge on any atom is -0.328 e. The topological polar surface area (TPSA) is 80.1 Å². The van der Waals surface area contributed by atoms with Crippen LogP contribution in [-0.2, 0) is 11.3 Å². The van der Waals surface area contributed by atoms with Gasteiger partial charge in [0.1, 0.15) is 0 Å². The number of nitrogens with one attached hydrogen (secondary N) is 1. The van der Waals surface area contributed by atoms with E-state index in [9.17, 15) is 9.59 Å². The number of carbonyl (C=O) groups excluding carboxylic acids is 2. The van der Waals surface area contributed by atoms with E-state index in [1.807, 2.05) is 52.8 Å². The SMILES string of the molecule is C=CCn1c(SCC(=O)Nc2ccccc2Cl)nnc1C1CCCN1C(=O)c1ccc(C)cc1. The van der Waals surface area contributed by atoms with Gasteiger partial charge in [-0.15, -0.1) is 16.8 Å². The molecule has 9 heteroatoms. The molecule has 34 heavy (non-hydrogen) atoms. The molecule has 0 radical (unpaired) electrons. The summed E-state index contributed by atoms with van der Waals surface area (Å²) in [6.07, 6.45) is 3.47. The van der Waals surface area contributed by atoms with Crippen LogP contribution >= 0.6 is 23.4 Å². The highest BCUT2D eigenvalue weighted by atomic mass is 35.5. The van der Waals surface area contributed by atoms with Crippen LogP contribution in [0.5, 0.6) is 0 Å². The van der Waals surface area contributed by atoms with Crippen molar-refractivity contribution in [2.45, 2.75) is 37.5 Å². The Morgan fingerprint density at radius 1 is 1.21 bits per heavy atom. The molecule has 0 bridgehead atoms. The quantitative estimate of drug-likeness (QED) is 0.346. The average Bonchev–Trinajstić information content (AvgIpc) is 3.46. The molecule has 2 aromatic carbocycles. The Bertz CT molecular complexity index is 1190. The van der Waals surface area contributed by atoms with Gasteiger partial charge in [-0.3, -0.25) is 9.59 Å². The van der Waals surface area contributed by atoms with E-state index in [0.29, 0.717) is 40.3 Å². The summed E-state index contributed by atoms with van der Waals surface area (Å²) in [6.45, 7) is 7.01. The molecule has 1 atom stereocenters. The molecular weight excluding hydrogens is 470 g/mol. The van der Waals surface area contributed by atoms with Crippen LogP contribution in [0.1, 0.15) is 40.6 Å². The number of aryl methyl sites for hydroxylation is 1. The molecule has 1 unspecified atom stereocenters. The molecule has 4 rings (SSSR count). The maximum Gasteiger partial charge on any atom is 0.254 e. The number of para-hydroxylation sites is 1. The molecule has 1 fully saturated rings. The van der Waals surface area contributed by atoms with Gasteiger partial charge in [0.2, 0.25) is 5.91 Å². The van der Waals surface area contributed by atoms with Crippen LogP contribution in [0.2, 0.25) is 5.02 Å². The predicted octanol–water partition coefficient (Wildman–Crippen LogP) is 5.13. The molecule has 1 aromatic heterocycles. The Kier molecular flexibility index (Phi) is 7.70. The maximum atomic E-state index is 13.2. The van der Waals surface area contributed by atoms with Gasteiger partial charge in [-0.05, 0) is 44.0 Å². The van der Waals surface area contributed by atoms with Crippen molar-refractivity contribution in [3.05, 3.63) is 83.2 Å². The predicted molar refractivity (Wildman–Crippen MR) is 135 cm³/mol. The van der Waals surface area contributed by atoms with Gasteiger partial charge in [-0.2, -0.15) is 0 Å². The van der Waals surface area contributed by atoms with E-state index in [1.54, 1.807) is 18.2 Å². The molecule has 2 amide bonds. The molecule has 176 valence electrons. The number of hydrogen-bond donors (Lipinski definition) is 1. The molecule has 0 saturated carbocycles. The second-order valence-corrected chi connectivity index (χ2v) is 9.43. The van der Waals surface area contributed by atoms with Crippen molar-refractivity contribution in [1.29, 1.82) is 0 Å². The zero-order chi connectivity index (χ0) is 24.1. The number of allylic oxidation sites excluding steroid dienone is 1. The van der Waals surface area contributed by atoms with Crippen LogP contribution in [0.3, 0.4) is 0 Å². The minimum atomic E-state index is -0.190. The number of anilines is 1. The molecule has 3 aromatic rings. The first-order valence-corrected chi connectivity index (χ1v) is 12.4. The Labute approximate surface area is 208 Å². The number of nitrogens with zero attached hydrogens (tertiary/aromatic N) is 4. The number of aromatic nitrogens is 3. The summed E-state index contributed by atoms with van der Waals surface area (Å²) in [5.74, 6) is 0.665. The lowest BCUT2D eigenvalue weighted by Crippen LogP contribution is -2.32. The molecule has 0 aliphatic carbocycles. The van der Waals surface area contributed by atoms with Crippen LogP contribution < -0.4 is 5.32 Å². The van der Waals surface area contributed by atoms with Crippen LogP contribution in [0.15, 0.2) is 66.3 Å². The number of amides is 2. The zero-order valence-electron chi connectivity index (χ0n) is 18.9. The molecule has 1 aliphatic heterocycles. The molecule has 1 aliphatic rings. The fourth-order valence-corrected chi connectivity index (χ4v) is 4.91. The summed E-state index contributed by atoms with van der Waals surface area (Å²) in [7, 11) is 0. The van der Waals surface area contributed by atoms with E-state index in [4.69, 9.17) is 11.6 Å². The van der Waals surface area contributed by atoms with Crippen LogP contribution in [0.25, 0.3) is 0 Å². The summed E-state index contributed by atoms with van der Waals surface area (Å²) in [4.78, 5) is 27.6. The van der Waals surface area contributed by atoms with E-state index >= 15 is 0 Å². The van der Waals surface area contributed by atoms with E-state index < -0.39 is 0 Å². The van der Waals surface area contributed by atoms with Gasteiger partial charge in [-0.25, -0.2) is 0 Å². The lowest BCUT2D eigenvalue weighted by Gasteiger charge is -2.24. The largest absolute Gasteiger partial charge is 0.328 e. The second-order valence-electron chi connectivity index (χ2n) is 8.08. The molecule has 7 nitrogen and oxygen atoms in total. The summed E-state index contributed by atoms with van der Waals surface area (Å²) >= 11 is 7.42. The fourth-order valence-electron chi connectivity index (χ4n) is 3.97. The molecule has 1 N–H and O–H groups in total. The minimum absolute atomic E-state index is 0.0102. The lowest BCUT2D eigenvalue weighted by atomic mass is 10.1. The number of rotatable bonds is 8. The summed E-state index contributed by atoms with van der Waals surface area (Å²) in [5.41, 5.74) is 2.35. The maximum absolute atomic E-state index is 13.2. The summed E-state index contributed by atoms with van der Waals surface area (Å²) in [5, 5.41) is 12.7. The Morgan fingerprint density at radius 3 is 2.71 bits per heavy atom. The van der Waals surface area contributed by atoms with Crippen molar-refractivity contribution in [1.82, 2.24) is 19.7 Å². The first-order valence-electron chi connectivity index (χ1n) is 11.1. The van der Waals surface area contributed by atoms with E-state index in [0.717, 1.165) is 18.4 Å². The third-order valence-corrected chi connectivity index (χ3v) is 6.94. The van der Waals surface area contributed by atoms with Crippen molar-refractivity contribution in [2.24, 2.45) is 0 Å². The van der Waals surface area contributed by atoms with Crippen molar-refractivity contribution in [3.63, 3.8) is 0 Å². The normalized spacial score (nSPS) is 15.4. The van der Waals surface area contributed by atoms with Gasteiger partial charge in [0.05, 0.1) is 22.5 Å². The number of benzene rings is 2. The Balaban J connectivity index is 1.49. The summed E-state index contributed by atoms with van der Waals surface area (Å²) < 4.78 is 1.94. The molecule has 2 heterocycles. The molecular formula is C25H26ClN5O2S. The van der Waals surface area contributed by atoms with E-state index in [1.165, 1.54) is 11.8 Å². The number of hydrogen-bond acceptors (Lipinski definition) is 5. The van der Waals surface area contributed by atoms with Crippen molar-refractivity contribution < 1.29 is 9.59 Å². The monoisotopic (exact) mass is 495 g/mol. The highest BCUT2D eigenvalue weighted by molar-refractivity contribution is 7.99. The van der Waals surface area contributed by atoms with Crippen LogP contribution in [0.4, 0.5) is 5.69 Å². The van der Waals surface area contributed by atoms with Crippen molar-refractivity contribution in [2.75, 3.05) is 17.6 Å². The van der Waals surface area contributed by atoms with Gasteiger partial charge < -0.3 is 14.8 Å². The Morgan fingerprint density at radius 2 is 1.97 bits per heavy atom. The molecule has 0 spiro atoms. The standard InChI is InChI=1S/C25H26ClN5O2S/c1-3-14-31-23(21-9-6-15-30(21)24(33)18-12-10-17(2)11-13-18)28-29-25(31)34-16-22(32)27-20-8-5-4-7-19(20)26/h3-5,7-8,10-13,21H,1,6,9,14-16H2,2H3,(H,27,32). The van der Waals surface area contributed by atoms with E-state index in [-0.39, 0.29) is 23.6 Å². The second kappa shape index (κ2) is 10.9. The van der Waals surface area contributed by atoms with Gasteiger partial charge in [0.25, 0.3) is 5.91 Å². The van der Waals surface area contributed by atoms with Gasteiger partial charge in [0, 0.05) is 18.7 Å². The number of thioether (sulfide) groups is 1. The van der Waals surface area contributed by atoms with E-state index in [2.05, 4.69) is 22.1 Å². The smallest absolute Gasteiger partial charge is 0.254 e. The first kappa shape index (κ1) is 24.0. The number of likely N-dealkylation sites (tertiary alicyclic amines) is 1. The van der Waals surface area contributed by atoms with Gasteiger partial charge >= 0.3 is 0 Å². The Hall–Kier alpha value is -3.10. The fraction of sp³-hybridized carbons (Fsp3) is 0.280. The van der Waals surface area contributed by atoms with Gasteiger partial charge in [-0.1, -0.05) is 59.3 Å². The third-order valence-electron chi connectivity index (χ3n) is 5.65. The first-order chi connectivity index (χ1) is 16.5. The summed E-state index contributed by atoms with van der Waals surface area (Å²) in [6, 6.07) is 14.5. The lowest BCUT2D eigenvalue weighted by molar-refractivity contribution is -0.113. The van der Waals surface area contributed by atoms with Crippen LogP contribution in [-0.4, -0.2) is 43.8 Å². The number of carbonyl (C=O) groups is 2. The van der Waals surface area contributed by atoms with Gasteiger partial charge in [0.15, 0.2) is 11.0 Å². The van der Waals surface area contributed by atoms with Crippen molar-refractivity contribution >= 4 is 40.9 Å². The average molecular weight is 496 g/mol. The van der Waals surface area contributed by atoms with Crippen LogP contribution in [0, 0.1) is 6.92 Å². The third kappa shape index (κ3) is 5.34. The highest BCUT2D eigenvalue weighted by Crippen LogP contribution is 2.34. The van der Waals surface area contributed by atoms with Crippen molar-refractivity contribution in [3.8, 4) is 0 Å². The number of halogens is 1. The molecule has 1 saturated heterocycles. The highest BCUT2D eigenvalue weighted by Gasteiger charge is 2.34.